The molecule has 0 aliphatic carbocycles. The highest BCUT2D eigenvalue weighted by molar-refractivity contribution is 5.75. The zero-order chi connectivity index (χ0) is 18.2. The number of carbonyl (C=O) groups is 1. The summed E-state index contributed by atoms with van der Waals surface area (Å²) in [6, 6.07) is 13.2. The maximum atomic E-state index is 11.9. The zero-order valence-electron chi connectivity index (χ0n) is 14.9. The van der Waals surface area contributed by atoms with E-state index in [2.05, 4.69) is 5.32 Å². The maximum absolute atomic E-state index is 11.9. The summed E-state index contributed by atoms with van der Waals surface area (Å²) in [6.07, 6.45) is 3.95. The molecule has 26 heavy (non-hydrogen) atoms. The Morgan fingerprint density at radius 1 is 0.923 bits per heavy atom. The molecule has 0 saturated heterocycles. The van der Waals surface area contributed by atoms with Crippen molar-refractivity contribution in [2.24, 2.45) is 0 Å². The van der Waals surface area contributed by atoms with Crippen LogP contribution in [0, 0.1) is 0 Å². The van der Waals surface area contributed by atoms with Crippen molar-refractivity contribution in [3.8, 4) is 17.2 Å². The zero-order valence-corrected chi connectivity index (χ0v) is 14.9. The molecule has 1 aliphatic heterocycles. The molecule has 5 heteroatoms. The van der Waals surface area contributed by atoms with Crippen LogP contribution in [0.2, 0.25) is 0 Å². The molecule has 1 aliphatic rings. The predicted octanol–water partition coefficient (Wildman–Crippen LogP) is 3.24. The second-order valence-corrected chi connectivity index (χ2v) is 6.45. The van der Waals surface area contributed by atoms with Crippen LogP contribution in [-0.2, 0) is 17.6 Å². The quantitative estimate of drug-likeness (QED) is 0.714. The van der Waals surface area contributed by atoms with Crippen molar-refractivity contribution in [2.45, 2.75) is 32.1 Å². The smallest absolute Gasteiger partial charge is 0.220 e. The Labute approximate surface area is 153 Å². The fourth-order valence-corrected chi connectivity index (χ4v) is 2.97. The third-order valence-electron chi connectivity index (χ3n) is 4.38. The molecule has 0 bridgehead atoms. The number of hydrogen-bond acceptors (Lipinski definition) is 4. The Morgan fingerprint density at radius 2 is 1.62 bits per heavy atom. The van der Waals surface area contributed by atoms with Gasteiger partial charge in [-0.3, -0.25) is 4.79 Å². The third kappa shape index (κ3) is 5.41. The summed E-state index contributed by atoms with van der Waals surface area (Å²) in [5, 5.41) is 12.2. The van der Waals surface area contributed by atoms with E-state index in [1.54, 1.807) is 12.1 Å². The summed E-state index contributed by atoms with van der Waals surface area (Å²) in [6.45, 7) is 1.85. The van der Waals surface area contributed by atoms with E-state index in [0.717, 1.165) is 48.3 Å². The van der Waals surface area contributed by atoms with Gasteiger partial charge in [-0.25, -0.2) is 0 Å². The normalized spacial score (nSPS) is 12.6. The summed E-state index contributed by atoms with van der Waals surface area (Å²) < 4.78 is 11.1. The van der Waals surface area contributed by atoms with E-state index in [4.69, 9.17) is 9.47 Å². The first-order valence-electron chi connectivity index (χ1n) is 9.14. The van der Waals surface area contributed by atoms with Gasteiger partial charge in [-0.1, -0.05) is 18.2 Å². The SMILES string of the molecule is O=C(CCCc1ccc2c(c1)OCCO2)NCCCc1ccc(O)cc1. The lowest BCUT2D eigenvalue weighted by Gasteiger charge is -2.18. The number of fused-ring (bicyclic) bond motifs is 1. The van der Waals surface area contributed by atoms with Gasteiger partial charge in [-0.05, 0) is 61.1 Å². The number of amides is 1. The number of benzene rings is 2. The molecule has 0 spiro atoms. The highest BCUT2D eigenvalue weighted by atomic mass is 16.6. The van der Waals surface area contributed by atoms with Crippen molar-refractivity contribution in [3.63, 3.8) is 0 Å². The lowest BCUT2D eigenvalue weighted by molar-refractivity contribution is -0.121. The standard InChI is InChI=1S/C21H25NO4/c23-18-9-6-16(7-10-18)4-2-12-22-21(24)5-1-3-17-8-11-19-20(15-17)26-14-13-25-19/h6-11,15,23H,1-5,12-14H2,(H,22,24). The number of aromatic hydroxyl groups is 1. The highest BCUT2D eigenvalue weighted by Gasteiger charge is 2.11. The van der Waals surface area contributed by atoms with Gasteiger partial charge < -0.3 is 19.9 Å². The van der Waals surface area contributed by atoms with Crippen LogP contribution in [0.4, 0.5) is 0 Å². The molecule has 1 amide bonds. The van der Waals surface area contributed by atoms with Crippen molar-refractivity contribution in [1.29, 1.82) is 0 Å². The number of ether oxygens (including phenoxy) is 2. The average molecular weight is 355 g/mol. The van der Waals surface area contributed by atoms with Gasteiger partial charge in [0.25, 0.3) is 0 Å². The third-order valence-corrected chi connectivity index (χ3v) is 4.38. The minimum atomic E-state index is 0.0910. The van der Waals surface area contributed by atoms with E-state index < -0.39 is 0 Å². The van der Waals surface area contributed by atoms with Crippen LogP contribution in [0.25, 0.3) is 0 Å². The molecule has 2 aromatic carbocycles. The molecule has 0 unspecified atom stereocenters. The van der Waals surface area contributed by atoms with Crippen LogP contribution in [0.5, 0.6) is 17.2 Å². The van der Waals surface area contributed by atoms with Gasteiger partial charge in [0.1, 0.15) is 19.0 Å². The van der Waals surface area contributed by atoms with Gasteiger partial charge in [0.15, 0.2) is 11.5 Å². The summed E-state index contributed by atoms with van der Waals surface area (Å²) in [5.74, 6) is 1.96. The minimum Gasteiger partial charge on any atom is -0.508 e. The summed E-state index contributed by atoms with van der Waals surface area (Å²) in [7, 11) is 0. The Hall–Kier alpha value is -2.69. The number of aryl methyl sites for hydroxylation is 2. The number of rotatable bonds is 8. The Balaban J connectivity index is 1.31. The van der Waals surface area contributed by atoms with E-state index in [-0.39, 0.29) is 11.7 Å². The lowest BCUT2D eigenvalue weighted by Crippen LogP contribution is -2.24. The molecule has 0 atom stereocenters. The molecule has 0 saturated carbocycles. The molecular weight excluding hydrogens is 330 g/mol. The van der Waals surface area contributed by atoms with E-state index in [9.17, 15) is 9.90 Å². The van der Waals surface area contributed by atoms with Crippen LogP contribution in [0.3, 0.4) is 0 Å². The van der Waals surface area contributed by atoms with E-state index in [0.29, 0.717) is 26.2 Å². The van der Waals surface area contributed by atoms with Gasteiger partial charge in [0.2, 0.25) is 5.91 Å². The van der Waals surface area contributed by atoms with Gasteiger partial charge >= 0.3 is 0 Å². The molecule has 0 aromatic heterocycles. The molecule has 3 rings (SSSR count). The largest absolute Gasteiger partial charge is 0.508 e. The number of phenolic OH excluding ortho intramolecular Hbond substituents is 1. The Bertz CT molecular complexity index is 727. The van der Waals surface area contributed by atoms with Gasteiger partial charge in [-0.2, -0.15) is 0 Å². The first-order valence-corrected chi connectivity index (χ1v) is 9.14. The first-order chi connectivity index (χ1) is 12.7. The van der Waals surface area contributed by atoms with Crippen LogP contribution < -0.4 is 14.8 Å². The van der Waals surface area contributed by atoms with E-state index in [1.807, 2.05) is 30.3 Å². The van der Waals surface area contributed by atoms with Gasteiger partial charge in [-0.15, -0.1) is 0 Å². The number of carbonyl (C=O) groups excluding carboxylic acids is 1. The number of nitrogens with one attached hydrogen (secondary N) is 1. The first kappa shape index (κ1) is 18.1. The molecule has 0 radical (unpaired) electrons. The second-order valence-electron chi connectivity index (χ2n) is 6.45. The molecule has 5 nitrogen and oxygen atoms in total. The Kier molecular flexibility index (Phi) is 6.36. The average Bonchev–Trinajstić information content (AvgIpc) is 2.66. The van der Waals surface area contributed by atoms with Crippen molar-refractivity contribution >= 4 is 5.91 Å². The fourth-order valence-electron chi connectivity index (χ4n) is 2.97. The molecule has 1 heterocycles. The summed E-state index contributed by atoms with van der Waals surface area (Å²) >= 11 is 0. The van der Waals surface area contributed by atoms with E-state index in [1.165, 1.54) is 0 Å². The number of phenols is 1. The van der Waals surface area contributed by atoms with Crippen LogP contribution in [0.15, 0.2) is 42.5 Å². The Morgan fingerprint density at radius 3 is 2.42 bits per heavy atom. The lowest BCUT2D eigenvalue weighted by atomic mass is 10.1. The van der Waals surface area contributed by atoms with Crippen LogP contribution >= 0.6 is 0 Å². The molecule has 2 N–H and O–H groups in total. The van der Waals surface area contributed by atoms with Gasteiger partial charge in [0.05, 0.1) is 0 Å². The monoisotopic (exact) mass is 355 g/mol. The van der Waals surface area contributed by atoms with Crippen molar-refractivity contribution in [1.82, 2.24) is 5.32 Å². The fraction of sp³-hybridized carbons (Fsp3) is 0.381. The second kappa shape index (κ2) is 9.13. The predicted molar refractivity (Wildman–Crippen MR) is 99.8 cm³/mol. The molecule has 138 valence electrons. The molecule has 2 aromatic rings. The van der Waals surface area contributed by atoms with Crippen molar-refractivity contribution in [3.05, 3.63) is 53.6 Å². The topological polar surface area (TPSA) is 67.8 Å². The van der Waals surface area contributed by atoms with Crippen LogP contribution in [0.1, 0.15) is 30.4 Å². The highest BCUT2D eigenvalue weighted by Crippen LogP contribution is 2.31. The van der Waals surface area contributed by atoms with Crippen molar-refractivity contribution < 1.29 is 19.4 Å². The minimum absolute atomic E-state index is 0.0910. The number of hydrogen-bond donors (Lipinski definition) is 2. The molecular formula is C21H25NO4. The maximum Gasteiger partial charge on any atom is 0.220 e. The molecule has 0 fully saturated rings. The van der Waals surface area contributed by atoms with Crippen LogP contribution in [-0.4, -0.2) is 30.8 Å². The van der Waals surface area contributed by atoms with E-state index >= 15 is 0 Å². The van der Waals surface area contributed by atoms with Crippen molar-refractivity contribution in [2.75, 3.05) is 19.8 Å². The van der Waals surface area contributed by atoms with Gasteiger partial charge in [0, 0.05) is 13.0 Å². The summed E-state index contributed by atoms with van der Waals surface area (Å²) in [4.78, 5) is 11.9. The summed E-state index contributed by atoms with van der Waals surface area (Å²) in [5.41, 5.74) is 2.32.